The molecule has 0 aliphatic rings. The van der Waals surface area contributed by atoms with Gasteiger partial charge in [0.05, 0.1) is 0 Å². The van der Waals surface area contributed by atoms with Crippen molar-refractivity contribution in [3.05, 3.63) is 0 Å². The molecular formula is C8H18Cl3O2Ti. The maximum atomic E-state index is 5.94. The standard InChI is InChI=1S/2C4H9O.3ClH.Ti/c2*1-2-3-4-5;;;;/h2*2-4H2,1H3;3*1H;/q2*-1;;;;+5/p-3. The molecule has 0 bridgehead atoms. The van der Waals surface area contributed by atoms with Crippen LogP contribution in [0.5, 0.6) is 0 Å². The zero-order valence-corrected chi connectivity index (χ0v) is 12.5. The van der Waals surface area contributed by atoms with Gasteiger partial charge in [0.2, 0.25) is 0 Å². The Morgan fingerprint density at radius 1 is 0.857 bits per heavy atom. The first-order valence-electron chi connectivity index (χ1n) is 4.97. The molecule has 0 N–H and O–H groups in total. The summed E-state index contributed by atoms with van der Waals surface area (Å²) in [5.41, 5.74) is 0. The molecule has 0 saturated carbocycles. The van der Waals surface area contributed by atoms with E-state index in [0.717, 1.165) is 25.7 Å². The summed E-state index contributed by atoms with van der Waals surface area (Å²) in [5.74, 6) is 0. The zero-order valence-electron chi connectivity index (χ0n) is 8.69. The molecule has 0 radical (unpaired) electrons. The van der Waals surface area contributed by atoms with E-state index in [0.29, 0.717) is 13.2 Å². The molecule has 0 rings (SSSR count). The second kappa shape index (κ2) is 6.95. The Labute approximate surface area is 99.7 Å². The number of rotatable bonds is 8. The van der Waals surface area contributed by atoms with Crippen molar-refractivity contribution < 1.29 is 19.5 Å². The maximum absolute atomic E-state index is 5.94. The third-order valence-electron chi connectivity index (χ3n) is 1.65. The third kappa shape index (κ3) is 8.78. The molecule has 0 aromatic rings. The van der Waals surface area contributed by atoms with Gasteiger partial charge in [-0.1, -0.05) is 0 Å². The van der Waals surface area contributed by atoms with E-state index in [1.54, 1.807) is 0 Å². The Kier molecular flexibility index (Phi) is 7.70. The fourth-order valence-corrected chi connectivity index (χ4v) is 4.26. The number of hydrogen-bond donors (Lipinski definition) is 0. The predicted octanol–water partition coefficient (Wildman–Crippen LogP) is 4.60. The molecule has 0 spiro atoms. The van der Waals surface area contributed by atoms with Gasteiger partial charge < -0.3 is 0 Å². The Balaban J connectivity index is 3.82. The first-order chi connectivity index (χ1) is 6.39. The average Bonchev–Trinajstić information content (AvgIpc) is 2.04. The van der Waals surface area contributed by atoms with Gasteiger partial charge in [0, 0.05) is 0 Å². The van der Waals surface area contributed by atoms with E-state index < -0.39 is 12.9 Å². The topological polar surface area (TPSA) is 18.5 Å². The summed E-state index contributed by atoms with van der Waals surface area (Å²) >= 11 is -4.49. The van der Waals surface area contributed by atoms with Crippen molar-refractivity contribution in [2.24, 2.45) is 0 Å². The van der Waals surface area contributed by atoms with E-state index in [1.165, 1.54) is 0 Å². The Morgan fingerprint density at radius 2 is 1.21 bits per heavy atom. The molecule has 6 heteroatoms. The van der Waals surface area contributed by atoms with Crippen molar-refractivity contribution in [2.75, 3.05) is 13.2 Å². The van der Waals surface area contributed by atoms with Crippen LogP contribution >= 0.6 is 27.9 Å². The van der Waals surface area contributed by atoms with Gasteiger partial charge in [-0.05, 0) is 0 Å². The number of hydrogen-bond acceptors (Lipinski definition) is 2. The van der Waals surface area contributed by atoms with Gasteiger partial charge in [-0.25, -0.2) is 0 Å². The van der Waals surface area contributed by atoms with Crippen LogP contribution in [0.15, 0.2) is 0 Å². The Bertz CT molecular complexity index is 144. The van der Waals surface area contributed by atoms with Gasteiger partial charge in [-0.2, -0.15) is 0 Å². The van der Waals surface area contributed by atoms with Crippen molar-refractivity contribution in [1.29, 1.82) is 0 Å². The van der Waals surface area contributed by atoms with Gasteiger partial charge >= 0.3 is 100 Å². The van der Waals surface area contributed by atoms with Crippen LogP contribution in [0.25, 0.3) is 0 Å². The minimum absolute atomic E-state index is 0.469. The molecule has 0 atom stereocenters. The molecular weight excluding hydrogens is 282 g/mol. The second-order valence-corrected chi connectivity index (χ2v) is 17.3. The zero-order chi connectivity index (χ0) is 11.1. The van der Waals surface area contributed by atoms with Crippen molar-refractivity contribution in [3.63, 3.8) is 0 Å². The summed E-state index contributed by atoms with van der Waals surface area (Å²) in [4.78, 5) is 0. The number of unbranched alkanes of at least 4 members (excludes halogenated alkanes) is 2. The van der Waals surface area contributed by atoms with Crippen LogP contribution < -0.4 is 0 Å². The van der Waals surface area contributed by atoms with Crippen LogP contribution in [-0.4, -0.2) is 13.2 Å². The van der Waals surface area contributed by atoms with Crippen molar-refractivity contribution >= 4 is 27.9 Å². The fourth-order valence-electron chi connectivity index (χ4n) is 0.789. The Morgan fingerprint density at radius 3 is 1.50 bits per heavy atom. The quantitative estimate of drug-likeness (QED) is 0.482. The summed E-state index contributed by atoms with van der Waals surface area (Å²) in [6.45, 7) is 5.05. The monoisotopic (exact) mass is 299 g/mol. The van der Waals surface area contributed by atoms with Gasteiger partial charge in [-0.15, -0.1) is 0 Å². The van der Waals surface area contributed by atoms with Crippen LogP contribution in [0, 0.1) is 0 Å². The molecule has 0 saturated heterocycles. The number of halogens is 3. The van der Waals surface area contributed by atoms with Gasteiger partial charge in [0.25, 0.3) is 0 Å². The molecule has 0 aromatic heterocycles. The molecule has 0 aromatic carbocycles. The molecule has 0 aliphatic heterocycles. The van der Waals surface area contributed by atoms with Gasteiger partial charge in [0.1, 0.15) is 0 Å². The normalized spacial score (nSPS) is 15.1. The van der Waals surface area contributed by atoms with Gasteiger partial charge in [0.15, 0.2) is 0 Å². The van der Waals surface area contributed by atoms with E-state index in [9.17, 15) is 0 Å². The summed E-state index contributed by atoms with van der Waals surface area (Å²) in [6.07, 6.45) is 3.81. The van der Waals surface area contributed by atoms with E-state index in [2.05, 4.69) is 13.8 Å². The summed E-state index contributed by atoms with van der Waals surface area (Å²) in [7, 11) is 17.8. The van der Waals surface area contributed by atoms with E-state index in [1.807, 2.05) is 0 Å². The summed E-state index contributed by atoms with van der Waals surface area (Å²) in [5, 5.41) is 0. The first kappa shape index (κ1) is 15.5. The molecule has 2 nitrogen and oxygen atoms in total. The molecule has 87 valence electrons. The van der Waals surface area contributed by atoms with Crippen LogP contribution in [-0.2, 0) is 19.5 Å². The van der Waals surface area contributed by atoms with Gasteiger partial charge in [-0.3, -0.25) is 0 Å². The van der Waals surface area contributed by atoms with Crippen molar-refractivity contribution in [3.8, 4) is 0 Å². The SMILES string of the molecule is CCCC[O][Ti]([Cl])([Cl])([Cl])[O]CCCC. The molecule has 0 aliphatic carbocycles. The molecule has 14 heavy (non-hydrogen) atoms. The average molecular weight is 300 g/mol. The van der Waals surface area contributed by atoms with Crippen molar-refractivity contribution in [1.82, 2.24) is 0 Å². The minimum atomic E-state index is -4.49. The Hall–Kier alpha value is 1.50. The summed E-state index contributed by atoms with van der Waals surface area (Å²) in [6, 6.07) is 0. The second-order valence-electron chi connectivity index (χ2n) is 3.16. The van der Waals surface area contributed by atoms with E-state index in [4.69, 9.17) is 34.6 Å². The van der Waals surface area contributed by atoms with E-state index >= 15 is 0 Å². The van der Waals surface area contributed by atoms with E-state index in [-0.39, 0.29) is 0 Å². The summed E-state index contributed by atoms with van der Waals surface area (Å²) < 4.78 is 10.5. The fraction of sp³-hybridized carbons (Fsp3) is 1.00. The molecule has 0 unspecified atom stereocenters. The predicted molar refractivity (Wildman–Crippen MR) is 59.3 cm³/mol. The van der Waals surface area contributed by atoms with Crippen LogP contribution in [0.3, 0.4) is 0 Å². The molecule has 0 fully saturated rings. The van der Waals surface area contributed by atoms with Crippen LogP contribution in [0.4, 0.5) is 0 Å². The van der Waals surface area contributed by atoms with Crippen molar-refractivity contribution in [2.45, 2.75) is 39.5 Å². The third-order valence-corrected chi connectivity index (χ3v) is 6.37. The van der Waals surface area contributed by atoms with Crippen LogP contribution in [0.2, 0.25) is 0 Å². The molecule has 0 amide bonds. The van der Waals surface area contributed by atoms with Crippen LogP contribution in [0.1, 0.15) is 39.5 Å². The first-order valence-corrected chi connectivity index (χ1v) is 12.7. The molecule has 0 heterocycles.